The van der Waals surface area contributed by atoms with E-state index < -0.39 is 0 Å². The van der Waals surface area contributed by atoms with Gasteiger partial charge >= 0.3 is 0 Å². The Morgan fingerprint density at radius 1 is 1.47 bits per heavy atom. The number of hydrogen-bond acceptors (Lipinski definition) is 3. The summed E-state index contributed by atoms with van der Waals surface area (Å²) in [6, 6.07) is 5.56. The number of carbonyl (C=O) groups is 1. The highest BCUT2D eigenvalue weighted by Gasteiger charge is 2.12. The highest BCUT2D eigenvalue weighted by atomic mass is 35.5. The molecule has 1 amide bonds. The van der Waals surface area contributed by atoms with Crippen LogP contribution in [0.2, 0.25) is 5.02 Å². The number of nitrogens with one attached hydrogen (secondary N) is 1. The largest absolute Gasteiger partial charge is 0.399 e. The normalized spacial score (nSPS) is 11.1. The number of nitrogens with two attached hydrogens (primary N) is 1. The van der Waals surface area contributed by atoms with E-state index >= 15 is 0 Å². The van der Waals surface area contributed by atoms with Crippen LogP contribution in [0.4, 0.5) is 5.69 Å². The van der Waals surface area contributed by atoms with Crippen molar-refractivity contribution in [2.24, 2.45) is 0 Å². The molecule has 0 aliphatic carbocycles. The van der Waals surface area contributed by atoms with Crippen LogP contribution in [-0.4, -0.2) is 29.9 Å². The van der Waals surface area contributed by atoms with Crippen molar-refractivity contribution < 1.29 is 4.79 Å². The Morgan fingerprint density at radius 3 is 2.74 bits per heavy atom. The van der Waals surface area contributed by atoms with Crippen molar-refractivity contribution in [1.29, 1.82) is 0 Å². The van der Waals surface area contributed by atoms with E-state index in [-0.39, 0.29) is 11.9 Å². The van der Waals surface area contributed by atoms with Gasteiger partial charge in [-0.25, -0.2) is 0 Å². The number of likely N-dealkylation sites (N-methyl/N-ethyl adjacent to an activating group) is 1. The fraction of sp³-hybridized carbons (Fsp3) is 0.500. The van der Waals surface area contributed by atoms with Crippen LogP contribution >= 0.6 is 11.6 Å². The Morgan fingerprint density at radius 2 is 2.16 bits per heavy atom. The Labute approximate surface area is 119 Å². The maximum Gasteiger partial charge on any atom is 0.234 e. The zero-order chi connectivity index (χ0) is 14.4. The molecule has 106 valence electrons. The van der Waals surface area contributed by atoms with Crippen molar-refractivity contribution in [2.75, 3.05) is 18.8 Å². The highest BCUT2D eigenvalue weighted by Crippen LogP contribution is 2.20. The van der Waals surface area contributed by atoms with Crippen LogP contribution in [-0.2, 0) is 11.3 Å². The van der Waals surface area contributed by atoms with Crippen LogP contribution in [0.1, 0.15) is 26.3 Å². The molecule has 4 nitrogen and oxygen atoms in total. The van der Waals surface area contributed by atoms with Crippen molar-refractivity contribution in [1.82, 2.24) is 10.2 Å². The highest BCUT2D eigenvalue weighted by molar-refractivity contribution is 6.31. The third kappa shape index (κ3) is 5.49. The summed E-state index contributed by atoms with van der Waals surface area (Å²) in [6.45, 7) is 7.66. The van der Waals surface area contributed by atoms with Gasteiger partial charge in [-0.1, -0.05) is 18.5 Å². The van der Waals surface area contributed by atoms with Crippen molar-refractivity contribution >= 4 is 23.2 Å². The molecule has 0 saturated carbocycles. The number of halogens is 1. The lowest BCUT2D eigenvalue weighted by molar-refractivity contribution is -0.122. The second kappa shape index (κ2) is 7.36. The first-order valence-corrected chi connectivity index (χ1v) is 6.85. The van der Waals surface area contributed by atoms with Gasteiger partial charge in [0, 0.05) is 23.3 Å². The molecule has 0 atom stereocenters. The maximum absolute atomic E-state index is 11.8. The predicted octanol–water partition coefficient (Wildman–Crippen LogP) is 2.27. The summed E-state index contributed by atoms with van der Waals surface area (Å²) >= 11 is 6.14. The van der Waals surface area contributed by atoms with Crippen LogP contribution in [0, 0.1) is 0 Å². The number of benzene rings is 1. The van der Waals surface area contributed by atoms with E-state index in [0.717, 1.165) is 12.1 Å². The minimum atomic E-state index is 0.0249. The zero-order valence-electron chi connectivity index (χ0n) is 11.7. The van der Waals surface area contributed by atoms with Gasteiger partial charge in [0.25, 0.3) is 0 Å². The summed E-state index contributed by atoms with van der Waals surface area (Å²) in [6.07, 6.45) is 0. The molecule has 1 aromatic carbocycles. The Kier molecular flexibility index (Phi) is 6.12. The molecule has 0 fully saturated rings. The van der Waals surface area contributed by atoms with E-state index in [9.17, 15) is 4.79 Å². The summed E-state index contributed by atoms with van der Waals surface area (Å²) < 4.78 is 0. The molecule has 0 aliphatic rings. The molecule has 0 aliphatic heterocycles. The topological polar surface area (TPSA) is 58.4 Å². The fourth-order valence-electron chi connectivity index (χ4n) is 1.81. The monoisotopic (exact) mass is 283 g/mol. The second-order valence-corrected chi connectivity index (χ2v) is 5.28. The van der Waals surface area contributed by atoms with E-state index in [2.05, 4.69) is 5.32 Å². The van der Waals surface area contributed by atoms with Gasteiger partial charge < -0.3 is 11.1 Å². The Bertz CT molecular complexity index is 435. The summed E-state index contributed by atoms with van der Waals surface area (Å²) in [4.78, 5) is 13.8. The van der Waals surface area contributed by atoms with E-state index in [1.807, 2.05) is 31.7 Å². The van der Waals surface area contributed by atoms with E-state index in [4.69, 9.17) is 17.3 Å². The summed E-state index contributed by atoms with van der Waals surface area (Å²) in [7, 11) is 0. The van der Waals surface area contributed by atoms with Crippen molar-refractivity contribution in [3.8, 4) is 0 Å². The van der Waals surface area contributed by atoms with Crippen molar-refractivity contribution in [2.45, 2.75) is 33.4 Å². The number of hydrogen-bond donors (Lipinski definition) is 2. The van der Waals surface area contributed by atoms with Gasteiger partial charge in [0.15, 0.2) is 0 Å². The van der Waals surface area contributed by atoms with Crippen molar-refractivity contribution in [3.63, 3.8) is 0 Å². The van der Waals surface area contributed by atoms with Gasteiger partial charge in [-0.2, -0.15) is 0 Å². The molecule has 0 heterocycles. The number of carbonyl (C=O) groups excluding carboxylic acids is 1. The van der Waals surface area contributed by atoms with E-state index in [1.165, 1.54) is 0 Å². The Hall–Kier alpha value is -1.26. The smallest absolute Gasteiger partial charge is 0.234 e. The summed E-state index contributed by atoms with van der Waals surface area (Å²) in [5.41, 5.74) is 7.38. The lowest BCUT2D eigenvalue weighted by Crippen LogP contribution is -2.39. The van der Waals surface area contributed by atoms with E-state index in [0.29, 0.717) is 23.8 Å². The predicted molar refractivity (Wildman–Crippen MR) is 80.1 cm³/mol. The third-order valence-corrected chi connectivity index (χ3v) is 3.10. The molecule has 0 saturated heterocycles. The van der Waals surface area contributed by atoms with Gasteiger partial charge in [-0.05, 0) is 44.2 Å². The minimum Gasteiger partial charge on any atom is -0.399 e. The average Bonchev–Trinajstić information content (AvgIpc) is 2.31. The molecule has 0 bridgehead atoms. The average molecular weight is 284 g/mol. The van der Waals surface area contributed by atoms with Gasteiger partial charge in [0.2, 0.25) is 5.91 Å². The molecule has 5 heteroatoms. The second-order valence-electron chi connectivity index (χ2n) is 4.88. The van der Waals surface area contributed by atoms with Crippen molar-refractivity contribution in [3.05, 3.63) is 28.8 Å². The number of anilines is 1. The van der Waals surface area contributed by atoms with Crippen LogP contribution < -0.4 is 11.1 Å². The number of nitrogens with zero attached hydrogens (tertiary/aromatic N) is 1. The first-order chi connectivity index (χ1) is 8.92. The van der Waals surface area contributed by atoms with E-state index in [1.54, 1.807) is 12.1 Å². The SMILES string of the molecule is CCN(CC(=O)NC(C)C)Cc1cc(N)ccc1Cl. The third-order valence-electron chi connectivity index (χ3n) is 2.73. The molecule has 3 N–H and O–H groups in total. The molecule has 19 heavy (non-hydrogen) atoms. The first-order valence-electron chi connectivity index (χ1n) is 6.48. The molecular weight excluding hydrogens is 262 g/mol. The van der Waals surface area contributed by atoms with Gasteiger partial charge in [-0.3, -0.25) is 9.69 Å². The molecule has 0 radical (unpaired) electrons. The molecule has 0 spiro atoms. The standard InChI is InChI=1S/C14H22ClN3O/c1-4-18(9-14(19)17-10(2)3)8-11-7-12(16)5-6-13(11)15/h5-7,10H,4,8-9,16H2,1-3H3,(H,17,19). The zero-order valence-corrected chi connectivity index (χ0v) is 12.5. The number of rotatable bonds is 6. The Balaban J connectivity index is 2.66. The quantitative estimate of drug-likeness (QED) is 0.788. The molecule has 0 aromatic heterocycles. The number of nitrogen functional groups attached to an aromatic ring is 1. The number of amides is 1. The van der Waals surface area contributed by atoms with Gasteiger partial charge in [-0.15, -0.1) is 0 Å². The first kappa shape index (κ1) is 15.8. The molecule has 1 rings (SSSR count). The lowest BCUT2D eigenvalue weighted by Gasteiger charge is -2.21. The van der Waals surface area contributed by atoms with Gasteiger partial charge in [0.05, 0.1) is 6.54 Å². The van der Waals surface area contributed by atoms with Crippen LogP contribution in [0.3, 0.4) is 0 Å². The lowest BCUT2D eigenvalue weighted by atomic mass is 10.2. The minimum absolute atomic E-state index is 0.0249. The molecular formula is C14H22ClN3O. The van der Waals surface area contributed by atoms with Gasteiger partial charge in [0.1, 0.15) is 0 Å². The molecule has 0 unspecified atom stereocenters. The van der Waals surface area contributed by atoms with Crippen LogP contribution in [0.5, 0.6) is 0 Å². The van der Waals surface area contributed by atoms with Crippen LogP contribution in [0.25, 0.3) is 0 Å². The summed E-state index contributed by atoms with van der Waals surface area (Å²) in [5.74, 6) is 0.0249. The fourth-order valence-corrected chi connectivity index (χ4v) is 1.98. The van der Waals surface area contributed by atoms with Crippen LogP contribution in [0.15, 0.2) is 18.2 Å². The summed E-state index contributed by atoms with van der Waals surface area (Å²) in [5, 5.41) is 3.56. The molecule has 1 aromatic rings. The maximum atomic E-state index is 11.8.